The smallest absolute Gasteiger partial charge is 0.271 e. The van der Waals surface area contributed by atoms with Gasteiger partial charge in [-0.3, -0.25) is 9.52 Å². The predicted molar refractivity (Wildman–Crippen MR) is 130 cm³/mol. The van der Waals surface area contributed by atoms with Gasteiger partial charge in [0, 0.05) is 17.7 Å². The van der Waals surface area contributed by atoms with E-state index in [1.807, 2.05) is 0 Å². The van der Waals surface area contributed by atoms with Crippen LogP contribution in [0.5, 0.6) is 11.5 Å². The van der Waals surface area contributed by atoms with Crippen molar-refractivity contribution in [3.05, 3.63) is 75.9 Å². The predicted octanol–water partition coefficient (Wildman–Crippen LogP) is 3.63. The minimum absolute atomic E-state index is 0.0526. The summed E-state index contributed by atoms with van der Waals surface area (Å²) >= 11 is 0. The summed E-state index contributed by atoms with van der Waals surface area (Å²) in [5.74, 6) is 1.26. The minimum Gasteiger partial charge on any atom is -0.497 e. The van der Waals surface area contributed by atoms with Gasteiger partial charge in [0.25, 0.3) is 15.6 Å². The summed E-state index contributed by atoms with van der Waals surface area (Å²) in [5, 5.41) is 8.32. The number of hydrogen-bond acceptors (Lipinski definition) is 8. The second-order valence-electron chi connectivity index (χ2n) is 7.79. The van der Waals surface area contributed by atoms with Crippen molar-refractivity contribution in [1.29, 1.82) is 0 Å². The highest BCUT2D eigenvalue weighted by molar-refractivity contribution is 7.92. The second-order valence-corrected chi connectivity index (χ2v) is 9.44. The molecular weight excluding hydrogens is 472 g/mol. The lowest BCUT2D eigenvalue weighted by Gasteiger charge is -2.15. The van der Waals surface area contributed by atoms with Gasteiger partial charge in [-0.2, -0.15) is 9.78 Å². The van der Waals surface area contributed by atoms with E-state index in [-0.39, 0.29) is 16.1 Å². The fourth-order valence-electron chi connectivity index (χ4n) is 3.65. The maximum atomic E-state index is 13.4. The average Bonchev–Trinajstić information content (AvgIpc) is 3.17. The lowest BCUT2D eigenvalue weighted by molar-refractivity contribution is 0.392. The number of nitrogens with one attached hydrogen (secondary N) is 1. The third-order valence-corrected chi connectivity index (χ3v) is 6.94. The Balaban J connectivity index is 1.78. The highest BCUT2D eigenvalue weighted by atomic mass is 32.2. The zero-order valence-corrected chi connectivity index (χ0v) is 20.6. The van der Waals surface area contributed by atoms with Crippen LogP contribution in [0.25, 0.3) is 16.9 Å². The lowest BCUT2D eigenvalue weighted by atomic mass is 10.1. The molecule has 182 valence electrons. The van der Waals surface area contributed by atoms with Gasteiger partial charge in [0.1, 0.15) is 22.9 Å². The zero-order valence-electron chi connectivity index (χ0n) is 19.8. The van der Waals surface area contributed by atoms with Crippen LogP contribution in [0.15, 0.2) is 62.7 Å². The molecule has 0 aliphatic heterocycles. The topological polar surface area (TPSA) is 126 Å². The molecule has 1 N–H and O–H groups in total. The number of ether oxygens (including phenoxy) is 2. The Morgan fingerprint density at radius 3 is 2.40 bits per heavy atom. The van der Waals surface area contributed by atoms with E-state index in [0.717, 1.165) is 0 Å². The van der Waals surface area contributed by atoms with Crippen LogP contribution in [0.2, 0.25) is 0 Å². The Labute approximate surface area is 202 Å². The first-order valence-electron chi connectivity index (χ1n) is 10.5. The largest absolute Gasteiger partial charge is 0.497 e. The molecule has 0 bridgehead atoms. The molecule has 0 saturated heterocycles. The summed E-state index contributed by atoms with van der Waals surface area (Å²) in [6.07, 6.45) is 0. The van der Waals surface area contributed by atoms with Gasteiger partial charge >= 0.3 is 0 Å². The highest BCUT2D eigenvalue weighted by Gasteiger charge is 2.21. The molecule has 0 aliphatic carbocycles. The maximum Gasteiger partial charge on any atom is 0.271 e. The van der Waals surface area contributed by atoms with E-state index >= 15 is 0 Å². The molecule has 0 spiro atoms. The summed E-state index contributed by atoms with van der Waals surface area (Å²) in [7, 11) is -1.08. The molecule has 4 rings (SSSR count). The van der Waals surface area contributed by atoms with E-state index in [2.05, 4.69) is 15.0 Å². The summed E-state index contributed by atoms with van der Waals surface area (Å²) in [6, 6.07) is 12.7. The number of sulfonamides is 1. The summed E-state index contributed by atoms with van der Waals surface area (Å²) < 4.78 is 46.2. The molecule has 2 heterocycles. The molecule has 0 atom stereocenters. The molecule has 0 fully saturated rings. The van der Waals surface area contributed by atoms with E-state index in [1.54, 1.807) is 45.0 Å². The van der Waals surface area contributed by atoms with Crippen molar-refractivity contribution < 1.29 is 22.4 Å². The molecule has 10 nitrogen and oxygen atoms in total. The van der Waals surface area contributed by atoms with Gasteiger partial charge < -0.3 is 14.0 Å². The highest BCUT2D eigenvalue weighted by Crippen LogP contribution is 2.32. The van der Waals surface area contributed by atoms with Gasteiger partial charge in [-0.25, -0.2) is 8.42 Å². The lowest BCUT2D eigenvalue weighted by Crippen LogP contribution is -2.21. The summed E-state index contributed by atoms with van der Waals surface area (Å²) in [4.78, 5) is 12.6. The van der Waals surface area contributed by atoms with Crippen LogP contribution in [0.4, 0.5) is 5.69 Å². The Morgan fingerprint density at radius 1 is 0.971 bits per heavy atom. The van der Waals surface area contributed by atoms with E-state index in [9.17, 15) is 13.2 Å². The van der Waals surface area contributed by atoms with Crippen LogP contribution in [0.3, 0.4) is 0 Å². The quantitative estimate of drug-likeness (QED) is 0.411. The Morgan fingerprint density at radius 2 is 1.74 bits per heavy atom. The second kappa shape index (κ2) is 9.26. The molecule has 0 aliphatic rings. The normalized spacial score (nSPS) is 11.3. The summed E-state index contributed by atoms with van der Waals surface area (Å²) in [5.41, 5.74) is 2.27. The molecule has 11 heteroatoms. The fraction of sp³-hybridized carbons (Fsp3) is 0.208. The van der Waals surface area contributed by atoms with Gasteiger partial charge in [0.15, 0.2) is 5.76 Å². The molecule has 2 aromatic carbocycles. The molecule has 35 heavy (non-hydrogen) atoms. The third kappa shape index (κ3) is 4.62. The van der Waals surface area contributed by atoms with Gasteiger partial charge in [-0.05, 0) is 50.6 Å². The van der Waals surface area contributed by atoms with Crippen molar-refractivity contribution in [3.63, 3.8) is 0 Å². The number of rotatable bonds is 7. The molecular formula is C24H24N4O6S. The molecule has 0 amide bonds. The van der Waals surface area contributed by atoms with Crippen LogP contribution in [-0.4, -0.2) is 37.6 Å². The van der Waals surface area contributed by atoms with Crippen molar-refractivity contribution in [2.75, 3.05) is 18.9 Å². The van der Waals surface area contributed by atoms with E-state index in [0.29, 0.717) is 45.5 Å². The standard InChI is InChI=1S/C24H24N4O6S/c1-14-6-7-17(19-9-11-23(29)28(25-19)24-15(2)26-34-16(24)3)12-22(14)35(30,31)27-20-13-18(32-4)8-10-21(20)33-5/h6-13,27H,1-5H3. The Kier molecular flexibility index (Phi) is 6.35. The number of nitrogens with zero attached hydrogens (tertiary/aromatic N) is 3. The average molecular weight is 497 g/mol. The van der Waals surface area contributed by atoms with Crippen molar-refractivity contribution >= 4 is 15.7 Å². The number of anilines is 1. The number of benzene rings is 2. The van der Waals surface area contributed by atoms with Gasteiger partial charge in [-0.1, -0.05) is 17.3 Å². The Hall–Kier alpha value is -4.12. The monoisotopic (exact) mass is 496 g/mol. The molecule has 2 aromatic heterocycles. The van der Waals surface area contributed by atoms with Crippen LogP contribution < -0.4 is 19.8 Å². The third-order valence-electron chi connectivity index (χ3n) is 5.43. The number of methoxy groups -OCH3 is 2. The van der Waals surface area contributed by atoms with Crippen molar-refractivity contribution in [2.24, 2.45) is 0 Å². The van der Waals surface area contributed by atoms with Crippen molar-refractivity contribution in [2.45, 2.75) is 25.7 Å². The first-order valence-corrected chi connectivity index (χ1v) is 12.0. The van der Waals surface area contributed by atoms with Crippen molar-refractivity contribution in [1.82, 2.24) is 14.9 Å². The molecule has 0 saturated carbocycles. The van der Waals surface area contributed by atoms with Gasteiger partial charge in [0.05, 0.1) is 30.5 Å². The fourth-order valence-corrected chi connectivity index (χ4v) is 4.98. The van der Waals surface area contributed by atoms with Gasteiger partial charge in [0.2, 0.25) is 0 Å². The van der Waals surface area contributed by atoms with E-state index in [4.69, 9.17) is 14.0 Å². The van der Waals surface area contributed by atoms with E-state index in [1.165, 1.54) is 43.2 Å². The van der Waals surface area contributed by atoms with Crippen molar-refractivity contribution in [3.8, 4) is 28.4 Å². The first-order chi connectivity index (χ1) is 16.6. The van der Waals surface area contributed by atoms with Crippen LogP contribution >= 0.6 is 0 Å². The molecule has 0 radical (unpaired) electrons. The van der Waals surface area contributed by atoms with Gasteiger partial charge in [-0.15, -0.1) is 0 Å². The SMILES string of the molecule is COc1ccc(OC)c(NS(=O)(=O)c2cc(-c3ccc(=O)n(-c4c(C)noc4C)n3)ccc2C)c1. The maximum absolute atomic E-state index is 13.4. The van der Waals surface area contributed by atoms with Crippen LogP contribution in [0, 0.1) is 20.8 Å². The summed E-state index contributed by atoms with van der Waals surface area (Å²) in [6.45, 7) is 5.09. The zero-order chi connectivity index (χ0) is 25.3. The minimum atomic E-state index is -4.01. The molecule has 4 aromatic rings. The molecule has 0 unspecified atom stereocenters. The number of hydrogen-bond donors (Lipinski definition) is 1. The number of aromatic nitrogens is 3. The van der Waals surface area contributed by atoms with Crippen LogP contribution in [-0.2, 0) is 10.0 Å². The number of aryl methyl sites for hydroxylation is 3. The first kappa shape index (κ1) is 24.0. The van der Waals surface area contributed by atoms with E-state index < -0.39 is 10.0 Å². The van der Waals surface area contributed by atoms with Crippen LogP contribution in [0.1, 0.15) is 17.0 Å². The Bertz CT molecular complexity index is 1550.